The topological polar surface area (TPSA) is 33.3 Å². The van der Waals surface area contributed by atoms with Crippen molar-refractivity contribution < 1.29 is 9.13 Å². The Bertz CT molecular complexity index is 601. The molecule has 2 aromatic carbocycles. The van der Waals surface area contributed by atoms with Crippen molar-refractivity contribution in [3.05, 3.63) is 54.3 Å². The van der Waals surface area contributed by atoms with Crippen LogP contribution in [0.1, 0.15) is 39.0 Å². The van der Waals surface area contributed by atoms with Gasteiger partial charge < -0.3 is 15.4 Å². The molecule has 0 aliphatic carbocycles. The number of anilines is 2. The number of unbranched alkanes of at least 4 members (excludes halogenated alkanes) is 4. The summed E-state index contributed by atoms with van der Waals surface area (Å²) in [6.07, 6.45) is 6.22. The third-order valence-corrected chi connectivity index (χ3v) is 3.98. The van der Waals surface area contributed by atoms with Crippen molar-refractivity contribution in [2.45, 2.75) is 39.0 Å². The molecule has 0 spiro atoms. The van der Waals surface area contributed by atoms with Gasteiger partial charge in [-0.1, -0.05) is 38.7 Å². The summed E-state index contributed by atoms with van der Waals surface area (Å²) in [6, 6.07) is 14.5. The maximum atomic E-state index is 12.8. The summed E-state index contributed by atoms with van der Waals surface area (Å²) in [4.78, 5) is 0. The number of benzene rings is 2. The Morgan fingerprint density at radius 2 is 1.56 bits per heavy atom. The second-order valence-electron chi connectivity index (χ2n) is 6.15. The molecule has 3 nitrogen and oxygen atoms in total. The molecule has 0 unspecified atom stereocenters. The smallest absolute Gasteiger partial charge is 0.123 e. The second kappa shape index (κ2) is 11.3. The van der Waals surface area contributed by atoms with Crippen molar-refractivity contribution in [2.24, 2.45) is 0 Å². The van der Waals surface area contributed by atoms with Crippen LogP contribution in [0.2, 0.25) is 0 Å². The van der Waals surface area contributed by atoms with Crippen molar-refractivity contribution in [1.29, 1.82) is 0 Å². The Labute approximate surface area is 150 Å². The lowest BCUT2D eigenvalue weighted by atomic mass is 10.2. The predicted molar refractivity (Wildman–Crippen MR) is 104 cm³/mol. The van der Waals surface area contributed by atoms with Crippen molar-refractivity contribution in [3.63, 3.8) is 0 Å². The highest BCUT2D eigenvalue weighted by atomic mass is 19.1. The summed E-state index contributed by atoms with van der Waals surface area (Å²) < 4.78 is 18.7. The number of nitrogens with one attached hydrogen (secondary N) is 2. The van der Waals surface area contributed by atoms with Gasteiger partial charge in [-0.3, -0.25) is 0 Å². The van der Waals surface area contributed by atoms with E-state index in [1.807, 2.05) is 24.3 Å². The molecule has 0 aliphatic rings. The first-order chi connectivity index (χ1) is 12.3. The van der Waals surface area contributed by atoms with Gasteiger partial charge in [0.2, 0.25) is 0 Å². The molecule has 0 fully saturated rings. The SMILES string of the molecule is CCCCCCCOc1cccc(NCCNc2ccc(F)cc2)c1. The standard InChI is InChI=1S/C21H29FN2O/c1-2-3-4-5-6-16-25-21-9-7-8-20(17-21)24-15-14-23-19-12-10-18(22)11-13-19/h7-13,17,23-24H,2-6,14-16H2,1H3. The molecular formula is C21H29FN2O. The van der Waals surface area contributed by atoms with Gasteiger partial charge in [0, 0.05) is 30.5 Å². The van der Waals surface area contributed by atoms with Gasteiger partial charge in [0.15, 0.2) is 0 Å². The summed E-state index contributed by atoms with van der Waals surface area (Å²) in [6.45, 7) is 4.54. The molecule has 0 aliphatic heterocycles. The number of ether oxygens (including phenoxy) is 1. The Morgan fingerprint density at radius 3 is 2.32 bits per heavy atom. The normalized spacial score (nSPS) is 10.5. The molecule has 0 aromatic heterocycles. The first kappa shape index (κ1) is 19.1. The molecule has 0 bridgehead atoms. The van der Waals surface area contributed by atoms with E-state index in [4.69, 9.17) is 4.74 Å². The van der Waals surface area contributed by atoms with Crippen LogP contribution in [0.5, 0.6) is 5.75 Å². The zero-order valence-electron chi connectivity index (χ0n) is 15.1. The van der Waals surface area contributed by atoms with Crippen LogP contribution >= 0.6 is 0 Å². The van der Waals surface area contributed by atoms with Gasteiger partial charge in [0.05, 0.1) is 6.61 Å². The van der Waals surface area contributed by atoms with Crippen LogP contribution in [0, 0.1) is 5.82 Å². The van der Waals surface area contributed by atoms with Crippen molar-refractivity contribution >= 4 is 11.4 Å². The largest absolute Gasteiger partial charge is 0.494 e. The number of hydrogen-bond donors (Lipinski definition) is 2. The minimum atomic E-state index is -0.217. The molecular weight excluding hydrogens is 315 g/mol. The van der Waals surface area contributed by atoms with Gasteiger partial charge in [-0.05, 0) is 42.8 Å². The molecule has 0 amide bonds. The highest BCUT2D eigenvalue weighted by molar-refractivity contribution is 5.48. The fourth-order valence-corrected chi connectivity index (χ4v) is 2.57. The van der Waals surface area contributed by atoms with Crippen LogP contribution in [0.4, 0.5) is 15.8 Å². The van der Waals surface area contributed by atoms with Crippen LogP contribution in [-0.4, -0.2) is 19.7 Å². The van der Waals surface area contributed by atoms with Gasteiger partial charge in [0.25, 0.3) is 0 Å². The quantitative estimate of drug-likeness (QED) is 0.485. The number of halogens is 1. The van der Waals surface area contributed by atoms with E-state index in [2.05, 4.69) is 17.6 Å². The Morgan fingerprint density at radius 1 is 0.840 bits per heavy atom. The van der Waals surface area contributed by atoms with E-state index in [9.17, 15) is 4.39 Å². The van der Waals surface area contributed by atoms with E-state index in [1.165, 1.54) is 37.8 Å². The maximum absolute atomic E-state index is 12.8. The molecule has 0 atom stereocenters. The van der Waals surface area contributed by atoms with Gasteiger partial charge in [-0.15, -0.1) is 0 Å². The fraction of sp³-hybridized carbons (Fsp3) is 0.429. The Balaban J connectivity index is 1.64. The molecule has 0 radical (unpaired) electrons. The molecule has 0 heterocycles. The summed E-state index contributed by atoms with van der Waals surface area (Å²) in [5.41, 5.74) is 1.97. The van der Waals surface area contributed by atoms with Crippen LogP contribution < -0.4 is 15.4 Å². The molecule has 2 rings (SSSR count). The van der Waals surface area contributed by atoms with Gasteiger partial charge in [-0.25, -0.2) is 4.39 Å². The van der Waals surface area contributed by atoms with Gasteiger partial charge in [0.1, 0.15) is 11.6 Å². The van der Waals surface area contributed by atoms with Crippen molar-refractivity contribution in [1.82, 2.24) is 0 Å². The maximum Gasteiger partial charge on any atom is 0.123 e. The van der Waals surface area contributed by atoms with E-state index in [1.54, 1.807) is 12.1 Å². The van der Waals surface area contributed by atoms with E-state index < -0.39 is 0 Å². The molecule has 25 heavy (non-hydrogen) atoms. The summed E-state index contributed by atoms with van der Waals surface area (Å²) in [5, 5.41) is 6.62. The second-order valence-corrected chi connectivity index (χ2v) is 6.15. The summed E-state index contributed by atoms with van der Waals surface area (Å²) >= 11 is 0. The van der Waals surface area contributed by atoms with Crippen LogP contribution in [0.15, 0.2) is 48.5 Å². The summed E-state index contributed by atoms with van der Waals surface area (Å²) in [7, 11) is 0. The molecule has 4 heteroatoms. The van der Waals surface area contributed by atoms with Gasteiger partial charge >= 0.3 is 0 Å². The van der Waals surface area contributed by atoms with E-state index >= 15 is 0 Å². The average Bonchev–Trinajstić information content (AvgIpc) is 2.63. The first-order valence-corrected chi connectivity index (χ1v) is 9.24. The summed E-state index contributed by atoms with van der Waals surface area (Å²) in [5.74, 6) is 0.692. The Hall–Kier alpha value is -2.23. The molecule has 136 valence electrons. The predicted octanol–water partition coefficient (Wildman–Crippen LogP) is 5.70. The minimum absolute atomic E-state index is 0.217. The third kappa shape index (κ3) is 7.92. The van der Waals surface area contributed by atoms with E-state index in [0.29, 0.717) is 0 Å². The van der Waals surface area contributed by atoms with E-state index in [0.717, 1.165) is 43.2 Å². The number of hydrogen-bond acceptors (Lipinski definition) is 3. The fourth-order valence-electron chi connectivity index (χ4n) is 2.57. The van der Waals surface area contributed by atoms with E-state index in [-0.39, 0.29) is 5.82 Å². The zero-order valence-corrected chi connectivity index (χ0v) is 15.1. The number of rotatable bonds is 12. The third-order valence-electron chi connectivity index (χ3n) is 3.98. The highest BCUT2D eigenvalue weighted by Crippen LogP contribution is 2.18. The van der Waals surface area contributed by atoms with Crippen LogP contribution in [0.3, 0.4) is 0 Å². The molecule has 2 aromatic rings. The molecule has 2 N–H and O–H groups in total. The zero-order chi connectivity index (χ0) is 17.7. The average molecular weight is 344 g/mol. The van der Waals surface area contributed by atoms with Crippen molar-refractivity contribution in [3.8, 4) is 5.75 Å². The lowest BCUT2D eigenvalue weighted by Crippen LogP contribution is -2.13. The minimum Gasteiger partial charge on any atom is -0.494 e. The van der Waals surface area contributed by atoms with Crippen LogP contribution in [0.25, 0.3) is 0 Å². The first-order valence-electron chi connectivity index (χ1n) is 9.24. The highest BCUT2D eigenvalue weighted by Gasteiger charge is 1.98. The van der Waals surface area contributed by atoms with Gasteiger partial charge in [-0.2, -0.15) is 0 Å². The van der Waals surface area contributed by atoms with Crippen LogP contribution in [-0.2, 0) is 0 Å². The molecule has 0 saturated heterocycles. The monoisotopic (exact) mass is 344 g/mol. The molecule has 0 saturated carbocycles. The lowest BCUT2D eigenvalue weighted by Gasteiger charge is -2.11. The Kier molecular flexibility index (Phi) is 8.67. The lowest BCUT2D eigenvalue weighted by molar-refractivity contribution is 0.304. The van der Waals surface area contributed by atoms with Crippen molar-refractivity contribution in [2.75, 3.05) is 30.3 Å².